The third-order valence-corrected chi connectivity index (χ3v) is 6.86. The summed E-state index contributed by atoms with van der Waals surface area (Å²) >= 11 is 6.85. The van der Waals surface area contributed by atoms with E-state index in [1.807, 2.05) is 0 Å². The monoisotopic (exact) mass is 400 g/mol. The Morgan fingerprint density at radius 3 is 2.60 bits per heavy atom. The minimum absolute atomic E-state index is 0.123. The van der Waals surface area contributed by atoms with Crippen LogP contribution in [-0.4, -0.2) is 45.5 Å². The normalized spacial score (nSPS) is 15.3. The zero-order valence-corrected chi connectivity index (χ0v) is 15.7. The van der Waals surface area contributed by atoms with Gasteiger partial charge in [0.25, 0.3) is 5.91 Å². The highest BCUT2D eigenvalue weighted by Crippen LogP contribution is 2.22. The van der Waals surface area contributed by atoms with E-state index in [-0.39, 0.29) is 16.7 Å². The molecule has 6 nitrogen and oxygen atoms in total. The zero-order chi connectivity index (χ0) is 17.9. The molecule has 1 fully saturated rings. The van der Waals surface area contributed by atoms with Gasteiger partial charge in [-0.15, -0.1) is 11.3 Å². The van der Waals surface area contributed by atoms with E-state index in [1.165, 1.54) is 6.07 Å². The van der Waals surface area contributed by atoms with Crippen LogP contribution in [0.4, 0.5) is 0 Å². The van der Waals surface area contributed by atoms with Gasteiger partial charge in [0.2, 0.25) is 10.0 Å². The highest BCUT2D eigenvalue weighted by molar-refractivity contribution is 7.91. The van der Waals surface area contributed by atoms with Crippen LogP contribution in [0.1, 0.15) is 15.9 Å². The lowest BCUT2D eigenvalue weighted by Gasteiger charge is -2.26. The standard InChI is InChI=1S/C16H17ClN2O4S2/c17-14-3-1-12(2-4-14)10-18-25(21,22)15-9-13(11-24-15)16(20)19-5-7-23-8-6-19/h1-4,9,11,18H,5-8,10H2. The summed E-state index contributed by atoms with van der Waals surface area (Å²) in [5.74, 6) is -0.168. The van der Waals surface area contributed by atoms with E-state index < -0.39 is 10.0 Å². The molecule has 0 spiro atoms. The van der Waals surface area contributed by atoms with Crippen molar-refractivity contribution in [2.24, 2.45) is 0 Å². The van der Waals surface area contributed by atoms with Gasteiger partial charge < -0.3 is 9.64 Å². The number of carbonyl (C=O) groups is 1. The summed E-state index contributed by atoms with van der Waals surface area (Å²) in [4.78, 5) is 14.1. The number of hydrogen-bond donors (Lipinski definition) is 1. The molecule has 25 heavy (non-hydrogen) atoms. The van der Waals surface area contributed by atoms with Gasteiger partial charge in [0.1, 0.15) is 4.21 Å². The maximum absolute atomic E-state index is 12.4. The average molecular weight is 401 g/mol. The van der Waals surface area contributed by atoms with Gasteiger partial charge in [-0.1, -0.05) is 23.7 Å². The zero-order valence-electron chi connectivity index (χ0n) is 13.3. The van der Waals surface area contributed by atoms with E-state index in [2.05, 4.69) is 4.72 Å². The van der Waals surface area contributed by atoms with Crippen LogP contribution in [0.5, 0.6) is 0 Å². The van der Waals surface area contributed by atoms with Gasteiger partial charge in [0.05, 0.1) is 18.8 Å². The van der Waals surface area contributed by atoms with Crippen LogP contribution in [0.15, 0.2) is 39.9 Å². The number of carbonyl (C=O) groups excluding carboxylic acids is 1. The summed E-state index contributed by atoms with van der Waals surface area (Å²) in [6.45, 7) is 2.20. The Labute approximate surface area is 155 Å². The Balaban J connectivity index is 1.67. The quantitative estimate of drug-likeness (QED) is 0.835. The molecule has 0 bridgehead atoms. The molecule has 0 radical (unpaired) electrons. The molecule has 0 atom stereocenters. The van der Waals surface area contributed by atoms with Crippen LogP contribution in [0.2, 0.25) is 5.02 Å². The lowest BCUT2D eigenvalue weighted by Crippen LogP contribution is -2.40. The Morgan fingerprint density at radius 2 is 1.92 bits per heavy atom. The topological polar surface area (TPSA) is 75.7 Å². The molecule has 0 unspecified atom stereocenters. The van der Waals surface area contributed by atoms with Crippen molar-refractivity contribution in [3.63, 3.8) is 0 Å². The first-order valence-electron chi connectivity index (χ1n) is 7.65. The maximum atomic E-state index is 12.4. The van der Waals surface area contributed by atoms with Crippen LogP contribution in [0.3, 0.4) is 0 Å². The molecule has 1 aliphatic heterocycles. The molecular weight excluding hydrogens is 384 g/mol. The first-order valence-corrected chi connectivity index (χ1v) is 10.4. The molecule has 134 valence electrons. The predicted octanol–water partition coefficient (Wildman–Crippen LogP) is 2.35. The predicted molar refractivity (Wildman–Crippen MR) is 96.5 cm³/mol. The Morgan fingerprint density at radius 1 is 1.24 bits per heavy atom. The number of amides is 1. The number of morpholine rings is 1. The fraction of sp³-hybridized carbons (Fsp3) is 0.312. The smallest absolute Gasteiger partial charge is 0.254 e. The number of rotatable bonds is 5. The number of nitrogens with one attached hydrogen (secondary N) is 1. The van der Waals surface area contributed by atoms with Crippen molar-refractivity contribution in [3.8, 4) is 0 Å². The number of sulfonamides is 1. The van der Waals surface area contributed by atoms with Gasteiger partial charge >= 0.3 is 0 Å². The molecule has 1 saturated heterocycles. The van der Waals surface area contributed by atoms with Gasteiger partial charge in [0, 0.05) is 30.0 Å². The van der Waals surface area contributed by atoms with E-state index in [1.54, 1.807) is 34.5 Å². The molecule has 9 heteroatoms. The molecule has 3 rings (SSSR count). The molecule has 2 aromatic rings. The van der Waals surface area contributed by atoms with E-state index in [9.17, 15) is 13.2 Å². The van der Waals surface area contributed by atoms with Crippen LogP contribution < -0.4 is 4.72 Å². The fourth-order valence-corrected chi connectivity index (χ4v) is 4.71. The van der Waals surface area contributed by atoms with Gasteiger partial charge in [-0.3, -0.25) is 4.79 Å². The third kappa shape index (κ3) is 4.59. The molecule has 2 heterocycles. The second-order valence-electron chi connectivity index (χ2n) is 5.51. The van der Waals surface area contributed by atoms with Crippen LogP contribution >= 0.6 is 22.9 Å². The molecular formula is C16H17ClN2O4S2. The number of thiophene rings is 1. The first kappa shape index (κ1) is 18.3. The van der Waals surface area contributed by atoms with Gasteiger partial charge in [-0.05, 0) is 23.8 Å². The van der Waals surface area contributed by atoms with Crippen LogP contribution in [0.25, 0.3) is 0 Å². The average Bonchev–Trinajstić information content (AvgIpc) is 3.12. The fourth-order valence-electron chi connectivity index (χ4n) is 2.37. The van der Waals surface area contributed by atoms with E-state index in [0.717, 1.165) is 16.9 Å². The van der Waals surface area contributed by atoms with Crippen LogP contribution in [-0.2, 0) is 21.3 Å². The minimum Gasteiger partial charge on any atom is -0.378 e. The molecule has 0 saturated carbocycles. The SMILES string of the molecule is O=C(c1csc(S(=O)(=O)NCc2ccc(Cl)cc2)c1)N1CCOCC1. The third-order valence-electron chi connectivity index (χ3n) is 3.77. The van der Waals surface area contributed by atoms with Crippen molar-refractivity contribution in [3.05, 3.63) is 51.9 Å². The Bertz CT molecular complexity index is 843. The summed E-state index contributed by atoms with van der Waals surface area (Å²) in [6.07, 6.45) is 0. The summed E-state index contributed by atoms with van der Waals surface area (Å²) in [7, 11) is -3.67. The Kier molecular flexibility index (Phi) is 5.75. The minimum atomic E-state index is -3.67. The molecule has 0 aliphatic carbocycles. The molecule has 1 aliphatic rings. The molecule has 1 amide bonds. The number of ether oxygens (including phenoxy) is 1. The van der Waals surface area contributed by atoms with Gasteiger partial charge in [-0.25, -0.2) is 13.1 Å². The van der Waals surface area contributed by atoms with Crippen LogP contribution in [0, 0.1) is 0 Å². The number of halogens is 1. The van der Waals surface area contributed by atoms with Gasteiger partial charge in [-0.2, -0.15) is 0 Å². The second-order valence-corrected chi connectivity index (χ2v) is 8.85. The molecule has 1 aromatic heterocycles. The number of benzene rings is 1. The Hall–Kier alpha value is -1.45. The van der Waals surface area contributed by atoms with Gasteiger partial charge in [0.15, 0.2) is 0 Å². The summed E-state index contributed by atoms with van der Waals surface area (Å²) in [5, 5.41) is 2.17. The lowest BCUT2D eigenvalue weighted by atomic mass is 10.2. The van der Waals surface area contributed by atoms with E-state index in [0.29, 0.717) is 36.9 Å². The molecule has 1 aromatic carbocycles. The summed E-state index contributed by atoms with van der Waals surface area (Å²) in [5.41, 5.74) is 1.19. The van der Waals surface area contributed by atoms with Crippen molar-refractivity contribution in [2.75, 3.05) is 26.3 Å². The lowest BCUT2D eigenvalue weighted by molar-refractivity contribution is 0.0303. The number of hydrogen-bond acceptors (Lipinski definition) is 5. The second kappa shape index (κ2) is 7.84. The van der Waals surface area contributed by atoms with Crippen molar-refractivity contribution >= 4 is 38.9 Å². The maximum Gasteiger partial charge on any atom is 0.254 e. The summed E-state index contributed by atoms with van der Waals surface area (Å²) < 4.78 is 32.7. The summed E-state index contributed by atoms with van der Waals surface area (Å²) in [6, 6.07) is 8.34. The highest BCUT2D eigenvalue weighted by atomic mass is 35.5. The highest BCUT2D eigenvalue weighted by Gasteiger charge is 2.23. The molecule has 1 N–H and O–H groups in total. The van der Waals surface area contributed by atoms with E-state index >= 15 is 0 Å². The largest absolute Gasteiger partial charge is 0.378 e. The van der Waals surface area contributed by atoms with Crippen molar-refractivity contribution in [1.29, 1.82) is 0 Å². The number of nitrogens with zero attached hydrogens (tertiary/aromatic N) is 1. The first-order chi connectivity index (χ1) is 12.0. The van der Waals surface area contributed by atoms with E-state index in [4.69, 9.17) is 16.3 Å². The van der Waals surface area contributed by atoms with Crippen molar-refractivity contribution < 1.29 is 17.9 Å². The van der Waals surface area contributed by atoms with Crippen molar-refractivity contribution in [1.82, 2.24) is 9.62 Å². The van der Waals surface area contributed by atoms with Crippen molar-refractivity contribution in [2.45, 2.75) is 10.8 Å².